The van der Waals surface area contributed by atoms with Crippen LogP contribution >= 0.6 is 0 Å². The van der Waals surface area contributed by atoms with Crippen molar-refractivity contribution in [3.63, 3.8) is 0 Å². The highest BCUT2D eigenvalue weighted by Crippen LogP contribution is 2.32. The van der Waals surface area contributed by atoms with Crippen LogP contribution in [0.2, 0.25) is 0 Å². The number of benzene rings is 1. The third-order valence-electron chi connectivity index (χ3n) is 7.78. The number of carbonyl (C=O) groups excluding carboxylic acids is 2. The topological polar surface area (TPSA) is 56.5 Å². The minimum absolute atomic E-state index is 0.0842. The molecule has 0 bridgehead atoms. The van der Waals surface area contributed by atoms with E-state index in [4.69, 9.17) is 4.74 Å². The Morgan fingerprint density at radius 2 is 1.51 bits per heavy atom. The van der Waals surface area contributed by atoms with Gasteiger partial charge in [0.25, 0.3) is 0 Å². The number of halogens is 1. The highest BCUT2D eigenvalue weighted by molar-refractivity contribution is 5.96. The van der Waals surface area contributed by atoms with Crippen LogP contribution in [0, 0.1) is 5.82 Å². The Morgan fingerprint density at radius 3 is 2.09 bits per heavy atom. The quantitative estimate of drug-likeness (QED) is 0.417. The minimum atomic E-state index is -0.471. The van der Waals surface area contributed by atoms with E-state index in [1.807, 2.05) is 16.8 Å². The number of aromatic nitrogens is 2. The van der Waals surface area contributed by atoms with Gasteiger partial charge in [0.05, 0.1) is 18.1 Å². The van der Waals surface area contributed by atoms with E-state index in [9.17, 15) is 14.0 Å². The largest absolute Gasteiger partial charge is 0.464 e. The predicted octanol–water partition coefficient (Wildman–Crippen LogP) is 5.85. The van der Waals surface area contributed by atoms with Gasteiger partial charge in [-0.3, -0.25) is 4.79 Å². The summed E-state index contributed by atoms with van der Waals surface area (Å²) in [5, 5.41) is 0. The zero-order valence-electron chi connectivity index (χ0n) is 20.4. The molecule has 0 spiro atoms. The summed E-state index contributed by atoms with van der Waals surface area (Å²) in [6.45, 7) is 0.106. The van der Waals surface area contributed by atoms with Gasteiger partial charge < -0.3 is 18.8 Å². The number of amides is 1. The van der Waals surface area contributed by atoms with Crippen molar-refractivity contribution in [3.05, 3.63) is 54.1 Å². The number of esters is 1. The van der Waals surface area contributed by atoms with Gasteiger partial charge in [0.15, 0.2) is 0 Å². The van der Waals surface area contributed by atoms with E-state index in [0.717, 1.165) is 42.4 Å². The lowest BCUT2D eigenvalue weighted by Crippen LogP contribution is -2.50. The molecule has 3 aromatic rings. The van der Waals surface area contributed by atoms with Gasteiger partial charge in [-0.25, -0.2) is 9.18 Å². The molecule has 2 saturated carbocycles. The van der Waals surface area contributed by atoms with Crippen LogP contribution in [-0.4, -0.2) is 45.1 Å². The molecule has 2 fully saturated rings. The summed E-state index contributed by atoms with van der Waals surface area (Å²) in [6, 6.07) is 10.5. The zero-order chi connectivity index (χ0) is 24.4. The summed E-state index contributed by atoms with van der Waals surface area (Å²) in [7, 11) is 1.36. The summed E-state index contributed by atoms with van der Waals surface area (Å²) in [5.74, 6) is -0.691. The van der Waals surface area contributed by atoms with Gasteiger partial charge in [-0.1, -0.05) is 38.5 Å². The van der Waals surface area contributed by atoms with E-state index in [1.54, 1.807) is 22.8 Å². The van der Waals surface area contributed by atoms with Gasteiger partial charge in [-0.2, -0.15) is 0 Å². The molecule has 2 aliphatic rings. The van der Waals surface area contributed by atoms with Gasteiger partial charge in [0, 0.05) is 24.0 Å². The molecule has 2 aliphatic carbocycles. The zero-order valence-corrected chi connectivity index (χ0v) is 20.4. The summed E-state index contributed by atoms with van der Waals surface area (Å²) in [6.07, 6.45) is 13.3. The van der Waals surface area contributed by atoms with Gasteiger partial charge in [0.1, 0.15) is 18.1 Å². The van der Waals surface area contributed by atoms with Gasteiger partial charge in [0.2, 0.25) is 5.91 Å². The molecule has 35 heavy (non-hydrogen) atoms. The molecule has 1 aromatic carbocycles. The molecule has 2 heterocycles. The van der Waals surface area contributed by atoms with Crippen molar-refractivity contribution in [1.82, 2.24) is 14.0 Å². The molecule has 2 aromatic heterocycles. The fourth-order valence-electron chi connectivity index (χ4n) is 6.05. The maximum absolute atomic E-state index is 13.9. The van der Waals surface area contributed by atoms with E-state index in [-0.39, 0.29) is 30.4 Å². The van der Waals surface area contributed by atoms with Crippen molar-refractivity contribution >= 4 is 22.9 Å². The average Bonchev–Trinajstić information content (AvgIpc) is 3.46. The van der Waals surface area contributed by atoms with Crippen molar-refractivity contribution in [2.45, 2.75) is 82.8 Å². The maximum Gasteiger partial charge on any atom is 0.354 e. The molecule has 0 atom stereocenters. The van der Waals surface area contributed by atoms with Crippen LogP contribution in [0.1, 0.15) is 74.7 Å². The number of methoxy groups -OCH3 is 1. The van der Waals surface area contributed by atoms with Gasteiger partial charge in [-0.05, 0) is 62.1 Å². The molecule has 0 unspecified atom stereocenters. The van der Waals surface area contributed by atoms with Gasteiger partial charge in [-0.15, -0.1) is 0 Å². The molecule has 1 amide bonds. The molecular formula is C28H34FN3O3. The molecule has 0 aliphatic heterocycles. The second-order valence-electron chi connectivity index (χ2n) is 9.92. The molecule has 5 rings (SSSR count). The van der Waals surface area contributed by atoms with Crippen LogP contribution in [0.4, 0.5) is 4.39 Å². The van der Waals surface area contributed by atoms with Crippen LogP contribution < -0.4 is 0 Å². The van der Waals surface area contributed by atoms with E-state index in [1.165, 1.54) is 57.8 Å². The van der Waals surface area contributed by atoms with Crippen LogP contribution in [0.5, 0.6) is 0 Å². The first kappa shape index (κ1) is 23.6. The van der Waals surface area contributed by atoms with Crippen LogP contribution in [0.15, 0.2) is 42.6 Å². The Balaban J connectivity index is 1.51. The van der Waals surface area contributed by atoms with E-state index in [0.29, 0.717) is 5.69 Å². The van der Waals surface area contributed by atoms with Crippen LogP contribution in [0.3, 0.4) is 0 Å². The molecule has 7 heteroatoms. The second kappa shape index (κ2) is 10.3. The lowest BCUT2D eigenvalue weighted by Gasteiger charge is -2.42. The monoisotopic (exact) mass is 479 g/mol. The fourth-order valence-corrected chi connectivity index (χ4v) is 6.05. The standard InChI is InChI=1S/C28H34FN3O3/c1-35-28(34)26-18-25-24(16-17-30(25)21-14-12-20(29)13-15-21)31(26)19-27(33)32(22-8-4-2-5-9-22)23-10-6-3-7-11-23/h12-18,22-23H,2-11,19H2,1H3. The number of hydrogen-bond donors (Lipinski definition) is 0. The number of carbonyl (C=O) groups is 2. The third kappa shape index (κ3) is 4.73. The van der Waals surface area contributed by atoms with E-state index in [2.05, 4.69) is 4.90 Å². The summed E-state index contributed by atoms with van der Waals surface area (Å²) < 4.78 is 22.2. The third-order valence-corrected chi connectivity index (χ3v) is 7.78. The fraction of sp³-hybridized carbons (Fsp3) is 0.500. The smallest absolute Gasteiger partial charge is 0.354 e. The molecular weight excluding hydrogens is 445 g/mol. The Bertz CT molecular complexity index is 1170. The minimum Gasteiger partial charge on any atom is -0.464 e. The molecule has 0 radical (unpaired) electrons. The predicted molar refractivity (Wildman–Crippen MR) is 133 cm³/mol. The lowest BCUT2D eigenvalue weighted by atomic mass is 9.88. The summed E-state index contributed by atoms with van der Waals surface area (Å²) in [5.41, 5.74) is 2.71. The van der Waals surface area contributed by atoms with Crippen molar-refractivity contribution in [2.75, 3.05) is 7.11 Å². The number of rotatable bonds is 6. The first-order valence-corrected chi connectivity index (χ1v) is 12.9. The summed E-state index contributed by atoms with van der Waals surface area (Å²) in [4.78, 5) is 28.8. The molecule has 0 saturated heterocycles. The van der Waals surface area contributed by atoms with Crippen molar-refractivity contribution < 1.29 is 18.7 Å². The number of ether oxygens (including phenoxy) is 1. The van der Waals surface area contributed by atoms with Crippen molar-refractivity contribution in [1.29, 1.82) is 0 Å². The number of nitrogens with zero attached hydrogens (tertiary/aromatic N) is 3. The first-order valence-electron chi connectivity index (χ1n) is 12.9. The molecule has 186 valence electrons. The van der Waals surface area contributed by atoms with E-state index < -0.39 is 5.97 Å². The summed E-state index contributed by atoms with van der Waals surface area (Å²) >= 11 is 0. The Kier molecular flexibility index (Phi) is 6.93. The SMILES string of the molecule is COC(=O)c1cc2c(ccn2-c2ccc(F)cc2)n1CC(=O)N(C1CCCCC1)C1CCCCC1. The average molecular weight is 480 g/mol. The van der Waals surface area contributed by atoms with Crippen molar-refractivity contribution in [3.8, 4) is 5.69 Å². The molecule has 6 nitrogen and oxygen atoms in total. The Hall–Kier alpha value is -3.09. The van der Waals surface area contributed by atoms with Crippen LogP contribution in [-0.2, 0) is 16.1 Å². The normalized spacial score (nSPS) is 17.5. The van der Waals surface area contributed by atoms with Crippen molar-refractivity contribution in [2.24, 2.45) is 0 Å². The highest BCUT2D eigenvalue weighted by atomic mass is 19.1. The van der Waals surface area contributed by atoms with Gasteiger partial charge >= 0.3 is 5.97 Å². The molecule has 0 N–H and O–H groups in total. The second-order valence-corrected chi connectivity index (χ2v) is 9.92. The lowest BCUT2D eigenvalue weighted by molar-refractivity contribution is -0.138. The first-order chi connectivity index (χ1) is 17.1. The highest BCUT2D eigenvalue weighted by Gasteiger charge is 2.33. The number of hydrogen-bond acceptors (Lipinski definition) is 3. The Morgan fingerprint density at radius 1 is 0.914 bits per heavy atom. The van der Waals surface area contributed by atoms with Crippen LogP contribution in [0.25, 0.3) is 16.7 Å². The number of fused-ring (bicyclic) bond motifs is 1. The Labute approximate surface area is 205 Å². The maximum atomic E-state index is 13.9. The van der Waals surface area contributed by atoms with E-state index >= 15 is 0 Å².